The van der Waals surface area contributed by atoms with Gasteiger partial charge < -0.3 is 9.09 Å². The monoisotopic (exact) mass is 309 g/mol. The van der Waals surface area contributed by atoms with Crippen molar-refractivity contribution in [3.63, 3.8) is 0 Å². The molecule has 6 heteroatoms. The maximum Gasteiger partial charge on any atom is 0.263 e. The zero-order valence-electron chi connectivity index (χ0n) is 11.7. The van der Waals surface area contributed by atoms with E-state index in [1.54, 1.807) is 12.3 Å². The van der Waals surface area contributed by atoms with E-state index >= 15 is 0 Å². The zero-order chi connectivity index (χ0) is 15.1. The Morgan fingerprint density at radius 1 is 1.18 bits per heavy atom. The van der Waals surface area contributed by atoms with E-state index in [4.69, 9.17) is 4.52 Å². The number of fused-ring (bicyclic) bond motifs is 1. The van der Waals surface area contributed by atoms with Crippen LogP contribution in [0.15, 0.2) is 57.3 Å². The molecule has 3 aromatic heterocycles. The van der Waals surface area contributed by atoms with Gasteiger partial charge >= 0.3 is 0 Å². The number of aryl methyl sites for hydroxylation is 1. The molecule has 0 saturated heterocycles. The maximum atomic E-state index is 12.6. The summed E-state index contributed by atoms with van der Waals surface area (Å²) in [5.41, 5.74) is 1.18. The van der Waals surface area contributed by atoms with Crippen molar-refractivity contribution in [1.82, 2.24) is 14.7 Å². The molecule has 0 unspecified atom stereocenters. The minimum Gasteiger partial charge on any atom is -0.350 e. The summed E-state index contributed by atoms with van der Waals surface area (Å²) in [4.78, 5) is 17.9. The number of thiophene rings is 1. The largest absolute Gasteiger partial charge is 0.350 e. The molecule has 22 heavy (non-hydrogen) atoms. The average Bonchev–Trinajstić information content (AvgIpc) is 3.21. The van der Waals surface area contributed by atoms with Crippen molar-refractivity contribution in [3.05, 3.63) is 58.2 Å². The molecule has 0 aliphatic carbocycles. The molecule has 1 aromatic carbocycles. The molecule has 0 fully saturated rings. The Bertz CT molecular complexity index is 1020. The van der Waals surface area contributed by atoms with Crippen LogP contribution in [0.2, 0.25) is 0 Å². The number of hydrogen-bond donors (Lipinski definition) is 0. The summed E-state index contributed by atoms with van der Waals surface area (Å²) in [6.45, 7) is 0. The standard InChI is InChI=1S/C16H11N3O2S/c1-19-9-11(14(20)10-5-2-3-6-12(10)19)16-17-15(18-21-16)13-7-4-8-22-13/h2-9H,1H3. The highest BCUT2D eigenvalue weighted by Gasteiger charge is 2.16. The van der Waals surface area contributed by atoms with Crippen LogP contribution < -0.4 is 5.43 Å². The lowest BCUT2D eigenvalue weighted by molar-refractivity contribution is 0.432. The quantitative estimate of drug-likeness (QED) is 0.570. The van der Waals surface area contributed by atoms with Crippen LogP contribution in [0.1, 0.15) is 0 Å². The van der Waals surface area contributed by atoms with Gasteiger partial charge in [-0.25, -0.2) is 0 Å². The Hall–Kier alpha value is -2.73. The maximum absolute atomic E-state index is 12.6. The molecule has 0 bridgehead atoms. The molecule has 108 valence electrons. The highest BCUT2D eigenvalue weighted by Crippen LogP contribution is 2.24. The lowest BCUT2D eigenvalue weighted by Gasteiger charge is -2.06. The topological polar surface area (TPSA) is 60.9 Å². The molecule has 0 radical (unpaired) electrons. The van der Waals surface area contributed by atoms with Gasteiger partial charge in [-0.2, -0.15) is 4.98 Å². The number of hydrogen-bond acceptors (Lipinski definition) is 5. The Labute approximate surface area is 129 Å². The Morgan fingerprint density at radius 3 is 2.86 bits per heavy atom. The van der Waals surface area contributed by atoms with Crippen molar-refractivity contribution in [3.8, 4) is 22.2 Å². The zero-order valence-corrected chi connectivity index (χ0v) is 12.5. The number of aromatic nitrogens is 3. The number of para-hydroxylation sites is 1. The molecule has 5 nitrogen and oxygen atoms in total. The van der Waals surface area contributed by atoms with Gasteiger partial charge in [-0.3, -0.25) is 4.79 Å². The minimum absolute atomic E-state index is 0.102. The van der Waals surface area contributed by atoms with Gasteiger partial charge in [0.1, 0.15) is 5.56 Å². The highest BCUT2D eigenvalue weighted by atomic mass is 32.1. The van der Waals surface area contributed by atoms with Crippen molar-refractivity contribution in [2.75, 3.05) is 0 Å². The van der Waals surface area contributed by atoms with Crippen LogP contribution in [0, 0.1) is 0 Å². The van der Waals surface area contributed by atoms with E-state index in [2.05, 4.69) is 10.1 Å². The summed E-state index contributed by atoms with van der Waals surface area (Å²) in [6, 6.07) is 11.3. The molecule has 0 N–H and O–H groups in total. The van der Waals surface area contributed by atoms with E-state index in [1.807, 2.05) is 47.3 Å². The molecule has 0 aliphatic rings. The van der Waals surface area contributed by atoms with Gasteiger partial charge in [0, 0.05) is 18.6 Å². The smallest absolute Gasteiger partial charge is 0.263 e. The number of nitrogens with zero attached hydrogens (tertiary/aromatic N) is 3. The summed E-state index contributed by atoms with van der Waals surface area (Å²) in [6.07, 6.45) is 1.73. The van der Waals surface area contributed by atoms with E-state index in [0.717, 1.165) is 10.4 Å². The third kappa shape index (κ3) is 1.96. The first-order valence-corrected chi connectivity index (χ1v) is 7.58. The van der Waals surface area contributed by atoms with Crippen LogP contribution in [0.25, 0.3) is 33.1 Å². The molecule has 0 aliphatic heterocycles. The van der Waals surface area contributed by atoms with Crippen molar-refractivity contribution in [2.24, 2.45) is 7.05 Å². The first-order chi connectivity index (χ1) is 10.7. The minimum atomic E-state index is -0.102. The average molecular weight is 309 g/mol. The van der Waals surface area contributed by atoms with Gasteiger partial charge in [0.05, 0.1) is 10.4 Å². The fourth-order valence-electron chi connectivity index (χ4n) is 2.43. The first-order valence-electron chi connectivity index (χ1n) is 6.70. The number of benzene rings is 1. The van der Waals surface area contributed by atoms with Gasteiger partial charge in [-0.1, -0.05) is 23.4 Å². The summed E-state index contributed by atoms with van der Waals surface area (Å²) in [5.74, 6) is 0.745. The highest BCUT2D eigenvalue weighted by molar-refractivity contribution is 7.13. The van der Waals surface area contributed by atoms with Crippen LogP contribution in [0.3, 0.4) is 0 Å². The van der Waals surface area contributed by atoms with Crippen molar-refractivity contribution < 1.29 is 4.52 Å². The van der Waals surface area contributed by atoms with Crippen LogP contribution in [-0.4, -0.2) is 14.7 Å². The fourth-order valence-corrected chi connectivity index (χ4v) is 3.08. The molecule has 4 rings (SSSR count). The SMILES string of the molecule is Cn1cc(-c2nc(-c3cccs3)no2)c(=O)c2ccccc21. The fraction of sp³-hybridized carbons (Fsp3) is 0.0625. The van der Waals surface area contributed by atoms with Gasteiger partial charge in [-0.15, -0.1) is 11.3 Å². The lowest BCUT2D eigenvalue weighted by atomic mass is 10.1. The predicted molar refractivity (Wildman–Crippen MR) is 85.8 cm³/mol. The normalized spacial score (nSPS) is 11.1. The summed E-state index contributed by atoms with van der Waals surface area (Å²) < 4.78 is 7.18. The Kier molecular flexibility index (Phi) is 2.90. The third-order valence-corrected chi connectivity index (χ3v) is 4.36. The van der Waals surface area contributed by atoms with Crippen LogP contribution in [0.4, 0.5) is 0 Å². The van der Waals surface area contributed by atoms with Crippen molar-refractivity contribution in [1.29, 1.82) is 0 Å². The van der Waals surface area contributed by atoms with E-state index in [1.165, 1.54) is 11.3 Å². The van der Waals surface area contributed by atoms with E-state index in [0.29, 0.717) is 16.8 Å². The van der Waals surface area contributed by atoms with E-state index < -0.39 is 0 Å². The second kappa shape index (κ2) is 4.92. The lowest BCUT2D eigenvalue weighted by Crippen LogP contribution is -2.10. The van der Waals surface area contributed by atoms with Gasteiger partial charge in [0.15, 0.2) is 0 Å². The van der Waals surface area contributed by atoms with Gasteiger partial charge in [-0.05, 0) is 23.6 Å². The summed E-state index contributed by atoms with van der Waals surface area (Å²) in [5, 5.41) is 6.54. The number of rotatable bonds is 2. The number of pyridine rings is 1. The molecule has 0 spiro atoms. The van der Waals surface area contributed by atoms with E-state index in [-0.39, 0.29) is 11.3 Å². The van der Waals surface area contributed by atoms with Crippen LogP contribution >= 0.6 is 11.3 Å². The summed E-state index contributed by atoms with van der Waals surface area (Å²) in [7, 11) is 1.89. The third-order valence-electron chi connectivity index (χ3n) is 3.49. The first kappa shape index (κ1) is 13.0. The van der Waals surface area contributed by atoms with Crippen molar-refractivity contribution in [2.45, 2.75) is 0 Å². The Morgan fingerprint density at radius 2 is 2.05 bits per heavy atom. The predicted octanol–water partition coefficient (Wildman–Crippen LogP) is 3.32. The molecule has 0 atom stereocenters. The molecule has 0 saturated carbocycles. The Balaban J connectivity index is 1.92. The second-order valence-corrected chi connectivity index (χ2v) is 5.85. The molecule has 3 heterocycles. The van der Waals surface area contributed by atoms with Crippen LogP contribution in [-0.2, 0) is 7.05 Å². The van der Waals surface area contributed by atoms with Gasteiger partial charge in [0.25, 0.3) is 5.89 Å². The second-order valence-electron chi connectivity index (χ2n) is 4.90. The summed E-state index contributed by atoms with van der Waals surface area (Å²) >= 11 is 1.53. The molecule has 4 aromatic rings. The van der Waals surface area contributed by atoms with Crippen molar-refractivity contribution >= 4 is 22.2 Å². The molecular weight excluding hydrogens is 298 g/mol. The van der Waals surface area contributed by atoms with Crippen LogP contribution in [0.5, 0.6) is 0 Å². The molecular formula is C16H11N3O2S. The van der Waals surface area contributed by atoms with Gasteiger partial charge in [0.2, 0.25) is 11.3 Å². The molecule has 0 amide bonds. The van der Waals surface area contributed by atoms with E-state index in [9.17, 15) is 4.79 Å².